The summed E-state index contributed by atoms with van der Waals surface area (Å²) < 4.78 is 2.14. The number of thiophene rings is 1. The lowest BCUT2D eigenvalue weighted by Crippen LogP contribution is -2.56. The van der Waals surface area contributed by atoms with Gasteiger partial charge in [-0.2, -0.15) is 0 Å². The molecule has 1 aliphatic rings. The molecule has 0 saturated carbocycles. The molecule has 7 heteroatoms. The molecule has 2 aromatic heterocycles. The van der Waals surface area contributed by atoms with Crippen LogP contribution in [0.4, 0.5) is 0 Å². The zero-order valence-corrected chi connectivity index (χ0v) is 21.4. The molecule has 1 aliphatic heterocycles. The van der Waals surface area contributed by atoms with E-state index in [1.54, 1.807) is 16.2 Å². The lowest BCUT2D eigenvalue weighted by molar-refractivity contribution is -0.135. The molecule has 2 aromatic carbocycles. The maximum Gasteiger partial charge on any atom is 0.270 e. The fraction of sp³-hybridized carbons (Fsp3) is 0.286. The number of nitrogens with zero attached hydrogens (tertiary/aromatic N) is 3. The fourth-order valence-corrected chi connectivity index (χ4v) is 5.98. The third-order valence-corrected chi connectivity index (χ3v) is 8.21. The molecule has 0 bridgehead atoms. The molecule has 0 unspecified atom stereocenters. The van der Waals surface area contributed by atoms with Gasteiger partial charge in [0.2, 0.25) is 5.91 Å². The number of aryl methyl sites for hydroxylation is 1. The maximum atomic E-state index is 13.7. The fourth-order valence-electron chi connectivity index (χ4n) is 4.81. The van der Waals surface area contributed by atoms with Gasteiger partial charge in [0.05, 0.1) is 0 Å². The molecule has 0 radical (unpaired) electrons. The van der Waals surface area contributed by atoms with Crippen LogP contribution in [0.3, 0.4) is 0 Å². The molecule has 2 atom stereocenters. The molecule has 1 saturated heterocycles. The SMILES string of the molecule is Cc1ccccc1Cn1c(C(=O)N2CCN(C(=O)[C@@H](Cl)c3ccccc3)[C@@H](C)C2)cc2ccsc21. The van der Waals surface area contributed by atoms with E-state index < -0.39 is 5.38 Å². The Hall–Kier alpha value is -3.09. The van der Waals surface area contributed by atoms with Gasteiger partial charge in [0.25, 0.3) is 5.91 Å². The van der Waals surface area contributed by atoms with Gasteiger partial charge in [-0.05, 0) is 48.1 Å². The number of amides is 2. The molecule has 180 valence electrons. The average Bonchev–Trinajstić information content (AvgIpc) is 3.47. The standard InChI is InChI=1S/C28H28ClN3O2S/c1-19-8-6-7-11-23(19)18-32-24(16-22-12-15-35-28(22)32)26(33)30-13-14-31(20(2)17-30)27(34)25(29)21-9-4-3-5-10-21/h3-12,15-16,20,25H,13-14,17-18H2,1-2H3/t20-,25-/m0/s1. The summed E-state index contributed by atoms with van der Waals surface area (Å²) in [5.74, 6) is -0.104. The van der Waals surface area contributed by atoms with E-state index in [9.17, 15) is 9.59 Å². The van der Waals surface area contributed by atoms with Gasteiger partial charge in [0, 0.05) is 37.6 Å². The van der Waals surface area contributed by atoms with Gasteiger partial charge in [-0.25, -0.2) is 0 Å². The Morgan fingerprint density at radius 2 is 1.80 bits per heavy atom. The van der Waals surface area contributed by atoms with E-state index in [0.717, 1.165) is 15.8 Å². The third kappa shape index (κ3) is 4.60. The monoisotopic (exact) mass is 505 g/mol. The van der Waals surface area contributed by atoms with E-state index in [0.29, 0.717) is 31.9 Å². The Bertz CT molecular complexity index is 1360. The summed E-state index contributed by atoms with van der Waals surface area (Å²) >= 11 is 8.17. The van der Waals surface area contributed by atoms with Crippen molar-refractivity contribution < 1.29 is 9.59 Å². The first-order chi connectivity index (χ1) is 16.9. The van der Waals surface area contributed by atoms with Crippen LogP contribution in [-0.2, 0) is 11.3 Å². The first-order valence-corrected chi connectivity index (χ1v) is 13.2. The van der Waals surface area contributed by atoms with Crippen LogP contribution in [0.5, 0.6) is 0 Å². The molecule has 5 rings (SSSR count). The van der Waals surface area contributed by atoms with Crippen LogP contribution >= 0.6 is 22.9 Å². The number of hydrogen-bond acceptors (Lipinski definition) is 3. The van der Waals surface area contributed by atoms with Gasteiger partial charge in [0.1, 0.15) is 15.9 Å². The van der Waals surface area contributed by atoms with Crippen LogP contribution in [0.25, 0.3) is 10.2 Å². The van der Waals surface area contributed by atoms with Crippen LogP contribution < -0.4 is 0 Å². The van der Waals surface area contributed by atoms with Crippen molar-refractivity contribution in [1.82, 2.24) is 14.4 Å². The van der Waals surface area contributed by atoms with Crippen molar-refractivity contribution in [2.24, 2.45) is 0 Å². The normalized spacial score (nSPS) is 17.1. The summed E-state index contributed by atoms with van der Waals surface area (Å²) in [5.41, 5.74) is 3.89. The number of piperazine rings is 1. The molecule has 4 aromatic rings. The van der Waals surface area contributed by atoms with Crippen molar-refractivity contribution in [3.05, 3.63) is 94.5 Å². The maximum absolute atomic E-state index is 13.7. The summed E-state index contributed by atoms with van der Waals surface area (Å²) in [6.07, 6.45) is 0. The molecular weight excluding hydrogens is 478 g/mol. The molecule has 35 heavy (non-hydrogen) atoms. The molecule has 0 N–H and O–H groups in total. The second kappa shape index (κ2) is 9.88. The highest BCUT2D eigenvalue weighted by Crippen LogP contribution is 2.29. The highest BCUT2D eigenvalue weighted by Gasteiger charge is 2.34. The summed E-state index contributed by atoms with van der Waals surface area (Å²) in [6, 6.07) is 21.6. The largest absolute Gasteiger partial charge is 0.335 e. The molecule has 2 amide bonds. The minimum absolute atomic E-state index is 0.00594. The average molecular weight is 506 g/mol. The van der Waals surface area contributed by atoms with E-state index in [-0.39, 0.29) is 17.9 Å². The molecule has 1 fully saturated rings. The quantitative estimate of drug-likeness (QED) is 0.326. The lowest BCUT2D eigenvalue weighted by Gasteiger charge is -2.40. The van der Waals surface area contributed by atoms with Crippen LogP contribution in [0.1, 0.15) is 39.5 Å². The van der Waals surface area contributed by atoms with Crippen molar-refractivity contribution >= 4 is 45.0 Å². The van der Waals surface area contributed by atoms with E-state index >= 15 is 0 Å². The minimum Gasteiger partial charge on any atom is -0.335 e. The van der Waals surface area contributed by atoms with E-state index in [1.807, 2.05) is 60.4 Å². The second-order valence-corrected chi connectivity index (χ2v) is 10.5. The summed E-state index contributed by atoms with van der Waals surface area (Å²) in [7, 11) is 0. The Labute approximate surface area is 214 Å². The number of carbonyl (C=O) groups is 2. The van der Waals surface area contributed by atoms with Gasteiger partial charge in [-0.15, -0.1) is 22.9 Å². The van der Waals surface area contributed by atoms with Gasteiger partial charge < -0.3 is 14.4 Å². The minimum atomic E-state index is -0.723. The van der Waals surface area contributed by atoms with Gasteiger partial charge in [0.15, 0.2) is 0 Å². The van der Waals surface area contributed by atoms with E-state index in [4.69, 9.17) is 11.6 Å². The number of fused-ring (bicyclic) bond motifs is 1. The van der Waals surface area contributed by atoms with Crippen molar-refractivity contribution in [1.29, 1.82) is 0 Å². The third-order valence-electron chi connectivity index (χ3n) is 6.82. The van der Waals surface area contributed by atoms with Gasteiger partial charge in [-0.3, -0.25) is 9.59 Å². The number of benzene rings is 2. The van der Waals surface area contributed by atoms with Crippen LogP contribution in [0.15, 0.2) is 72.1 Å². The predicted molar refractivity (Wildman–Crippen MR) is 142 cm³/mol. The topological polar surface area (TPSA) is 45.6 Å². The smallest absolute Gasteiger partial charge is 0.270 e. The highest BCUT2D eigenvalue weighted by atomic mass is 35.5. The number of hydrogen-bond donors (Lipinski definition) is 0. The Kier molecular flexibility index (Phi) is 6.67. The first-order valence-electron chi connectivity index (χ1n) is 11.8. The highest BCUT2D eigenvalue weighted by molar-refractivity contribution is 7.16. The van der Waals surface area contributed by atoms with Gasteiger partial charge >= 0.3 is 0 Å². The summed E-state index contributed by atoms with van der Waals surface area (Å²) in [4.78, 5) is 31.6. The molecule has 0 spiro atoms. The van der Waals surface area contributed by atoms with Crippen LogP contribution in [-0.4, -0.2) is 51.9 Å². The lowest BCUT2D eigenvalue weighted by atomic mass is 10.1. The summed E-state index contributed by atoms with van der Waals surface area (Å²) in [6.45, 7) is 6.16. The van der Waals surface area contributed by atoms with Crippen molar-refractivity contribution in [2.75, 3.05) is 19.6 Å². The zero-order chi connectivity index (χ0) is 24.5. The van der Waals surface area contributed by atoms with E-state index in [2.05, 4.69) is 35.1 Å². The Morgan fingerprint density at radius 1 is 1.06 bits per heavy atom. The molecule has 3 heterocycles. The van der Waals surface area contributed by atoms with Crippen LogP contribution in [0.2, 0.25) is 0 Å². The molecule has 0 aliphatic carbocycles. The Morgan fingerprint density at radius 3 is 2.54 bits per heavy atom. The van der Waals surface area contributed by atoms with Gasteiger partial charge in [-0.1, -0.05) is 54.6 Å². The number of halogens is 1. The number of alkyl halides is 1. The van der Waals surface area contributed by atoms with Crippen molar-refractivity contribution in [3.63, 3.8) is 0 Å². The summed E-state index contributed by atoms with van der Waals surface area (Å²) in [5, 5.41) is 2.43. The Balaban J connectivity index is 1.35. The number of aromatic nitrogens is 1. The van der Waals surface area contributed by atoms with Crippen LogP contribution in [0, 0.1) is 6.92 Å². The first kappa shape index (κ1) is 23.6. The van der Waals surface area contributed by atoms with E-state index in [1.165, 1.54) is 11.1 Å². The molecular formula is C28H28ClN3O2S. The zero-order valence-electron chi connectivity index (χ0n) is 19.9. The number of rotatable bonds is 5. The predicted octanol–water partition coefficient (Wildman–Crippen LogP) is 5.71. The van der Waals surface area contributed by atoms with Crippen molar-refractivity contribution in [3.8, 4) is 0 Å². The molecule has 5 nitrogen and oxygen atoms in total. The van der Waals surface area contributed by atoms with Crippen molar-refractivity contribution in [2.45, 2.75) is 31.8 Å². The second-order valence-electron chi connectivity index (χ2n) is 9.13. The number of carbonyl (C=O) groups excluding carboxylic acids is 2.